The molecule has 0 unspecified atom stereocenters. The Morgan fingerprint density at radius 1 is 1.24 bits per heavy atom. The van der Waals surface area contributed by atoms with Gasteiger partial charge in [-0.3, -0.25) is 4.79 Å². The molecule has 2 aromatic rings. The molecule has 0 atom stereocenters. The summed E-state index contributed by atoms with van der Waals surface area (Å²) in [5.41, 5.74) is 0.724. The average molecular weight is 439 g/mol. The van der Waals surface area contributed by atoms with E-state index in [4.69, 9.17) is 4.74 Å². The highest BCUT2D eigenvalue weighted by molar-refractivity contribution is 7.89. The van der Waals surface area contributed by atoms with Gasteiger partial charge in [-0.25, -0.2) is 13.2 Å². The zero-order chi connectivity index (χ0) is 21.0. The van der Waals surface area contributed by atoms with Gasteiger partial charge in [0.15, 0.2) is 5.00 Å². The van der Waals surface area contributed by atoms with Crippen LogP contribution in [-0.2, 0) is 14.8 Å². The van der Waals surface area contributed by atoms with Crippen LogP contribution in [0.1, 0.15) is 52.6 Å². The Kier molecular flexibility index (Phi) is 6.60. The second-order valence-electron chi connectivity index (χ2n) is 6.57. The molecule has 1 fully saturated rings. The monoisotopic (exact) mass is 438 g/mol. The molecule has 0 aliphatic carbocycles. The molecular weight excluding hydrogens is 416 g/mol. The number of anilines is 1. The number of aryl methyl sites for hydroxylation is 1. The predicted molar refractivity (Wildman–Crippen MR) is 108 cm³/mol. The number of aromatic nitrogens is 2. The van der Waals surface area contributed by atoms with E-state index in [0.717, 1.165) is 30.8 Å². The predicted octanol–water partition coefficient (Wildman–Crippen LogP) is 2.45. The van der Waals surface area contributed by atoms with Gasteiger partial charge in [0.05, 0.1) is 11.5 Å². The van der Waals surface area contributed by atoms with Crippen molar-refractivity contribution in [3.63, 3.8) is 0 Å². The number of hydrogen-bond donors (Lipinski definition) is 1. The third-order valence-electron chi connectivity index (χ3n) is 4.59. The summed E-state index contributed by atoms with van der Waals surface area (Å²) < 4.78 is 35.9. The summed E-state index contributed by atoms with van der Waals surface area (Å²) in [5, 5.41) is 6.44. The lowest BCUT2D eigenvalue weighted by atomic mass is 10.1. The molecule has 11 heteroatoms. The van der Waals surface area contributed by atoms with Crippen LogP contribution in [0, 0.1) is 6.92 Å². The molecule has 1 saturated heterocycles. The third-order valence-corrected chi connectivity index (χ3v) is 7.13. The minimum Gasteiger partial charge on any atom is -0.461 e. The number of nitrogens with one attached hydrogen (secondary N) is 1. The molecule has 29 heavy (non-hydrogen) atoms. The summed E-state index contributed by atoms with van der Waals surface area (Å²) in [6, 6.07) is 4.48. The molecule has 1 amide bonds. The van der Waals surface area contributed by atoms with Gasteiger partial charge in [-0.2, -0.15) is 4.31 Å². The molecule has 1 aliphatic heterocycles. The van der Waals surface area contributed by atoms with Crippen molar-refractivity contribution < 1.29 is 22.7 Å². The lowest BCUT2D eigenvalue weighted by Crippen LogP contribution is -2.35. The van der Waals surface area contributed by atoms with Gasteiger partial charge in [-0.05, 0) is 44.4 Å². The molecule has 1 aliphatic rings. The van der Waals surface area contributed by atoms with Crippen LogP contribution < -0.4 is 5.32 Å². The number of carbonyl (C=O) groups excluding carboxylic acids is 2. The number of benzene rings is 1. The maximum atomic E-state index is 12.9. The number of hydrogen-bond acceptors (Lipinski definition) is 8. The van der Waals surface area contributed by atoms with E-state index in [2.05, 4.69) is 14.9 Å². The summed E-state index contributed by atoms with van der Waals surface area (Å²) in [7, 11) is -3.67. The fourth-order valence-electron chi connectivity index (χ4n) is 3.04. The first-order valence-electron chi connectivity index (χ1n) is 9.26. The maximum absolute atomic E-state index is 12.9. The molecule has 1 aromatic heterocycles. The summed E-state index contributed by atoms with van der Waals surface area (Å²) in [4.78, 5) is 24.8. The Labute approximate surface area is 173 Å². The smallest absolute Gasteiger partial charge is 0.362 e. The summed E-state index contributed by atoms with van der Waals surface area (Å²) in [6.45, 7) is 4.50. The van der Waals surface area contributed by atoms with Crippen LogP contribution in [0.3, 0.4) is 0 Å². The van der Waals surface area contributed by atoms with Crippen molar-refractivity contribution in [2.24, 2.45) is 0 Å². The highest BCUT2D eigenvalue weighted by Gasteiger charge is 2.27. The third kappa shape index (κ3) is 4.62. The van der Waals surface area contributed by atoms with E-state index in [1.807, 2.05) is 0 Å². The summed E-state index contributed by atoms with van der Waals surface area (Å²) >= 11 is 0.845. The number of rotatable bonds is 6. The van der Waals surface area contributed by atoms with Gasteiger partial charge in [0.25, 0.3) is 5.91 Å². The van der Waals surface area contributed by atoms with Crippen LogP contribution >= 0.6 is 11.5 Å². The zero-order valence-corrected chi connectivity index (χ0v) is 17.8. The molecule has 0 saturated carbocycles. The Morgan fingerprint density at radius 2 is 1.97 bits per heavy atom. The molecule has 156 valence electrons. The van der Waals surface area contributed by atoms with Crippen molar-refractivity contribution in [3.05, 3.63) is 35.0 Å². The highest BCUT2D eigenvalue weighted by Crippen LogP contribution is 2.25. The van der Waals surface area contributed by atoms with Crippen LogP contribution in [0.2, 0.25) is 0 Å². The minimum absolute atomic E-state index is 0.0724. The number of piperidine rings is 1. The van der Waals surface area contributed by atoms with Crippen molar-refractivity contribution in [1.29, 1.82) is 0 Å². The number of nitrogens with zero attached hydrogens (tertiary/aromatic N) is 3. The Hall–Kier alpha value is -2.37. The van der Waals surface area contributed by atoms with Gasteiger partial charge < -0.3 is 10.1 Å². The van der Waals surface area contributed by atoms with E-state index < -0.39 is 21.9 Å². The van der Waals surface area contributed by atoms with Crippen molar-refractivity contribution >= 4 is 38.4 Å². The van der Waals surface area contributed by atoms with Crippen LogP contribution in [0.4, 0.5) is 5.00 Å². The van der Waals surface area contributed by atoms with Crippen molar-refractivity contribution in [2.45, 2.75) is 38.0 Å². The first kappa shape index (κ1) is 21.3. The fraction of sp³-hybridized carbons (Fsp3) is 0.444. The standard InChI is InChI=1S/C18H22N4O5S2/c1-3-27-18(24)15-17(28-21-20-15)19-16(23)14-11-13(8-7-12(14)2)29(25,26)22-9-5-4-6-10-22/h7-8,11H,3-6,9-10H2,1-2H3,(H,19,23). The largest absolute Gasteiger partial charge is 0.461 e. The van der Waals surface area contributed by atoms with E-state index in [9.17, 15) is 18.0 Å². The number of sulfonamides is 1. The minimum atomic E-state index is -3.67. The topological polar surface area (TPSA) is 119 Å². The lowest BCUT2D eigenvalue weighted by molar-refractivity contribution is 0.0520. The molecule has 9 nitrogen and oxygen atoms in total. The fourth-order valence-corrected chi connectivity index (χ4v) is 5.13. The molecular formula is C18H22N4O5S2. The van der Waals surface area contributed by atoms with Gasteiger partial charge in [-0.15, -0.1) is 5.10 Å². The number of esters is 1. The van der Waals surface area contributed by atoms with Crippen molar-refractivity contribution in [1.82, 2.24) is 13.9 Å². The quantitative estimate of drug-likeness (QED) is 0.688. The lowest BCUT2D eigenvalue weighted by Gasteiger charge is -2.26. The normalized spacial score (nSPS) is 15.1. The Balaban J connectivity index is 1.86. The second-order valence-corrected chi connectivity index (χ2v) is 9.26. The van der Waals surface area contributed by atoms with Gasteiger partial charge in [0, 0.05) is 30.2 Å². The van der Waals surface area contributed by atoms with Crippen LogP contribution in [-0.4, -0.2) is 53.9 Å². The number of amides is 1. The first-order valence-corrected chi connectivity index (χ1v) is 11.5. The summed E-state index contributed by atoms with van der Waals surface area (Å²) in [6.07, 6.45) is 2.67. The van der Waals surface area contributed by atoms with E-state index in [1.165, 1.54) is 16.4 Å². The zero-order valence-electron chi connectivity index (χ0n) is 16.2. The SMILES string of the molecule is CCOC(=O)c1nnsc1NC(=O)c1cc(S(=O)(=O)N2CCCCC2)ccc1C. The van der Waals surface area contributed by atoms with Crippen molar-refractivity contribution in [2.75, 3.05) is 25.0 Å². The van der Waals surface area contributed by atoms with E-state index in [-0.39, 0.29) is 27.8 Å². The maximum Gasteiger partial charge on any atom is 0.362 e. The van der Waals surface area contributed by atoms with Crippen LogP contribution in [0.25, 0.3) is 0 Å². The molecule has 1 aromatic carbocycles. The molecule has 3 rings (SSSR count). The van der Waals surface area contributed by atoms with E-state index in [1.54, 1.807) is 19.9 Å². The highest BCUT2D eigenvalue weighted by atomic mass is 32.2. The average Bonchev–Trinajstić information content (AvgIpc) is 3.17. The van der Waals surface area contributed by atoms with Gasteiger partial charge >= 0.3 is 5.97 Å². The van der Waals surface area contributed by atoms with Gasteiger partial charge in [0.1, 0.15) is 0 Å². The Bertz CT molecular complexity index is 1010. The van der Waals surface area contributed by atoms with Gasteiger partial charge in [0.2, 0.25) is 15.7 Å². The van der Waals surface area contributed by atoms with Crippen molar-refractivity contribution in [3.8, 4) is 0 Å². The van der Waals surface area contributed by atoms with Crippen LogP contribution in [0.5, 0.6) is 0 Å². The number of ether oxygens (including phenoxy) is 1. The molecule has 1 N–H and O–H groups in total. The summed E-state index contributed by atoms with van der Waals surface area (Å²) in [5.74, 6) is -1.23. The molecule has 2 heterocycles. The molecule has 0 spiro atoms. The van der Waals surface area contributed by atoms with E-state index >= 15 is 0 Å². The van der Waals surface area contributed by atoms with Gasteiger partial charge in [-0.1, -0.05) is 17.0 Å². The second kappa shape index (κ2) is 8.97. The molecule has 0 radical (unpaired) electrons. The first-order chi connectivity index (χ1) is 13.8. The molecule has 0 bridgehead atoms. The Morgan fingerprint density at radius 3 is 2.66 bits per heavy atom. The number of carbonyl (C=O) groups is 2. The van der Waals surface area contributed by atoms with Crippen LogP contribution in [0.15, 0.2) is 23.1 Å². The van der Waals surface area contributed by atoms with E-state index in [0.29, 0.717) is 18.7 Å².